The Morgan fingerprint density at radius 3 is 2.58 bits per heavy atom. The second kappa shape index (κ2) is 9.28. The van der Waals surface area contributed by atoms with Crippen molar-refractivity contribution in [2.24, 2.45) is 0 Å². The Labute approximate surface area is 179 Å². The van der Waals surface area contributed by atoms with Crippen LogP contribution in [0.1, 0.15) is 15.9 Å². The predicted molar refractivity (Wildman–Crippen MR) is 111 cm³/mol. The first-order valence-electron chi connectivity index (χ1n) is 10.1. The van der Waals surface area contributed by atoms with Crippen LogP contribution in [0.3, 0.4) is 0 Å². The minimum absolute atomic E-state index is 0.106. The lowest BCUT2D eigenvalue weighted by Crippen LogP contribution is -2.50. The molecular weight excluding hydrogens is 403 g/mol. The number of nitrogens with zero attached hydrogens (tertiary/aromatic N) is 2. The molecule has 2 aliphatic heterocycles. The van der Waals surface area contributed by atoms with Crippen LogP contribution in [0.25, 0.3) is 6.08 Å². The average Bonchev–Trinajstić information content (AvgIpc) is 3.09. The Morgan fingerprint density at radius 2 is 1.87 bits per heavy atom. The quantitative estimate of drug-likeness (QED) is 0.712. The van der Waals surface area contributed by atoms with Crippen LogP contribution in [0.4, 0.5) is 4.39 Å². The fourth-order valence-electron chi connectivity index (χ4n) is 3.57. The van der Waals surface area contributed by atoms with Gasteiger partial charge in [-0.3, -0.25) is 14.5 Å². The molecule has 1 N–H and O–H groups in total. The zero-order valence-electron chi connectivity index (χ0n) is 16.9. The number of rotatable bonds is 6. The second-order valence-electron chi connectivity index (χ2n) is 7.38. The Bertz CT molecular complexity index is 998. The lowest BCUT2D eigenvalue weighted by atomic mass is 10.1. The number of piperazine rings is 1. The third-order valence-electron chi connectivity index (χ3n) is 5.31. The lowest BCUT2D eigenvalue weighted by molar-refractivity contribution is -0.135. The van der Waals surface area contributed by atoms with Crippen molar-refractivity contribution >= 4 is 17.8 Å². The maximum absolute atomic E-state index is 13.1. The van der Waals surface area contributed by atoms with E-state index >= 15 is 0 Å². The van der Waals surface area contributed by atoms with Crippen LogP contribution in [-0.2, 0) is 4.79 Å². The molecule has 1 amide bonds. The summed E-state index contributed by atoms with van der Waals surface area (Å²) in [6, 6.07) is 10.6. The van der Waals surface area contributed by atoms with Gasteiger partial charge < -0.3 is 19.5 Å². The van der Waals surface area contributed by atoms with E-state index in [0.29, 0.717) is 42.3 Å². The summed E-state index contributed by atoms with van der Waals surface area (Å²) in [7, 11) is 0. The number of ether oxygens (including phenoxy) is 2. The van der Waals surface area contributed by atoms with Gasteiger partial charge in [-0.25, -0.2) is 4.39 Å². The van der Waals surface area contributed by atoms with Gasteiger partial charge in [0.25, 0.3) is 5.91 Å². The summed E-state index contributed by atoms with van der Waals surface area (Å²) < 4.78 is 24.4. The summed E-state index contributed by atoms with van der Waals surface area (Å²) in [6.45, 7) is 3.27. The van der Waals surface area contributed by atoms with Gasteiger partial charge in [-0.2, -0.15) is 0 Å². The Kier molecular flexibility index (Phi) is 6.29. The number of Topliss-reactive ketones (excluding diaryl/α,β-unsaturated/α-hetero) is 1. The van der Waals surface area contributed by atoms with Crippen molar-refractivity contribution in [1.82, 2.24) is 9.80 Å². The SMILES string of the molecule is O=C1C(=Cc2ccc(F)cc2)Oc2cc(OCC(=O)N3CCN(CCO)CC3)ccc21. The molecule has 0 aliphatic carbocycles. The van der Waals surface area contributed by atoms with Crippen molar-refractivity contribution < 1.29 is 28.6 Å². The van der Waals surface area contributed by atoms with Crippen LogP contribution in [0.5, 0.6) is 11.5 Å². The molecule has 2 heterocycles. The Morgan fingerprint density at radius 1 is 1.13 bits per heavy atom. The van der Waals surface area contributed by atoms with Gasteiger partial charge in [-0.15, -0.1) is 0 Å². The molecule has 0 spiro atoms. The molecule has 0 atom stereocenters. The van der Waals surface area contributed by atoms with Crippen LogP contribution in [0, 0.1) is 5.82 Å². The fourth-order valence-corrected chi connectivity index (χ4v) is 3.57. The van der Waals surface area contributed by atoms with Gasteiger partial charge >= 0.3 is 0 Å². The molecule has 162 valence electrons. The van der Waals surface area contributed by atoms with E-state index in [2.05, 4.69) is 4.90 Å². The summed E-state index contributed by atoms with van der Waals surface area (Å²) in [5.74, 6) is 0.214. The first-order valence-corrected chi connectivity index (χ1v) is 10.1. The van der Waals surface area contributed by atoms with Gasteiger partial charge in [0.15, 0.2) is 12.4 Å². The van der Waals surface area contributed by atoms with Gasteiger partial charge in [-0.05, 0) is 35.9 Å². The standard InChI is InChI=1S/C23H23FN2O5/c24-17-3-1-16(2-4-17)13-21-23(29)19-6-5-18(14-20(19)31-21)30-15-22(28)26-9-7-25(8-10-26)11-12-27/h1-6,13-14,27H,7-12,15H2. The smallest absolute Gasteiger partial charge is 0.260 e. The van der Waals surface area contributed by atoms with Crippen molar-refractivity contribution in [3.63, 3.8) is 0 Å². The molecular formula is C23H23FN2O5. The van der Waals surface area contributed by atoms with Crippen LogP contribution < -0.4 is 9.47 Å². The third kappa shape index (κ3) is 4.92. The Balaban J connectivity index is 1.35. The number of carbonyl (C=O) groups is 2. The number of hydrogen-bond acceptors (Lipinski definition) is 6. The topological polar surface area (TPSA) is 79.3 Å². The highest BCUT2D eigenvalue weighted by atomic mass is 19.1. The monoisotopic (exact) mass is 426 g/mol. The van der Waals surface area contributed by atoms with E-state index in [0.717, 1.165) is 13.1 Å². The third-order valence-corrected chi connectivity index (χ3v) is 5.31. The number of aliphatic hydroxyl groups excluding tert-OH is 1. The summed E-state index contributed by atoms with van der Waals surface area (Å²) in [5, 5.41) is 9.00. The summed E-state index contributed by atoms with van der Waals surface area (Å²) >= 11 is 0. The molecule has 0 radical (unpaired) electrons. The second-order valence-corrected chi connectivity index (χ2v) is 7.38. The van der Waals surface area contributed by atoms with E-state index in [1.807, 2.05) is 0 Å². The number of halogens is 1. The maximum atomic E-state index is 13.1. The molecule has 1 saturated heterocycles. The molecule has 8 heteroatoms. The van der Waals surface area contributed by atoms with E-state index in [-0.39, 0.29) is 36.5 Å². The number of amides is 1. The van der Waals surface area contributed by atoms with Crippen molar-refractivity contribution in [2.75, 3.05) is 45.9 Å². The van der Waals surface area contributed by atoms with Crippen molar-refractivity contribution in [2.45, 2.75) is 0 Å². The predicted octanol–water partition coefficient (Wildman–Crippen LogP) is 1.96. The number of hydrogen-bond donors (Lipinski definition) is 1. The fraction of sp³-hybridized carbons (Fsp3) is 0.304. The van der Waals surface area contributed by atoms with Gasteiger partial charge in [0.05, 0.1) is 12.2 Å². The number of aliphatic hydroxyl groups is 1. The van der Waals surface area contributed by atoms with Crippen LogP contribution in [0.15, 0.2) is 48.2 Å². The number of fused-ring (bicyclic) bond motifs is 1. The summed E-state index contributed by atoms with van der Waals surface area (Å²) in [4.78, 5) is 28.8. The highest BCUT2D eigenvalue weighted by Gasteiger charge is 2.28. The molecule has 0 bridgehead atoms. The van der Waals surface area contributed by atoms with Crippen LogP contribution >= 0.6 is 0 Å². The number of β-amino-alcohol motifs (C(OH)–C–C–N with tert-alkyl or cyclic N) is 1. The minimum atomic E-state index is -0.354. The normalized spacial score (nSPS) is 17.5. The van der Waals surface area contributed by atoms with Gasteiger partial charge in [-0.1, -0.05) is 12.1 Å². The minimum Gasteiger partial charge on any atom is -0.484 e. The molecule has 2 aromatic rings. The highest BCUT2D eigenvalue weighted by Crippen LogP contribution is 2.34. The van der Waals surface area contributed by atoms with E-state index in [1.54, 1.807) is 41.3 Å². The molecule has 4 rings (SSSR count). The van der Waals surface area contributed by atoms with Gasteiger partial charge in [0.2, 0.25) is 5.78 Å². The average molecular weight is 426 g/mol. The first kappa shape index (κ1) is 21.0. The number of carbonyl (C=O) groups excluding carboxylic acids is 2. The lowest BCUT2D eigenvalue weighted by Gasteiger charge is -2.34. The molecule has 2 aliphatic rings. The zero-order chi connectivity index (χ0) is 21.8. The van der Waals surface area contributed by atoms with Crippen LogP contribution in [-0.4, -0.2) is 72.5 Å². The molecule has 1 fully saturated rings. The van der Waals surface area contributed by atoms with E-state index in [9.17, 15) is 14.0 Å². The summed E-state index contributed by atoms with van der Waals surface area (Å²) in [6.07, 6.45) is 1.56. The van der Waals surface area contributed by atoms with Gasteiger partial charge in [0.1, 0.15) is 17.3 Å². The first-order chi connectivity index (χ1) is 15.0. The van der Waals surface area contributed by atoms with E-state index in [4.69, 9.17) is 14.6 Å². The van der Waals surface area contributed by atoms with Crippen molar-refractivity contribution in [3.8, 4) is 11.5 Å². The Hall–Kier alpha value is -3.23. The zero-order valence-corrected chi connectivity index (χ0v) is 16.9. The summed E-state index contributed by atoms with van der Waals surface area (Å²) in [5.41, 5.74) is 1.06. The van der Waals surface area contributed by atoms with Crippen molar-refractivity contribution in [1.29, 1.82) is 0 Å². The molecule has 0 saturated carbocycles. The molecule has 7 nitrogen and oxygen atoms in total. The highest BCUT2D eigenvalue weighted by molar-refractivity contribution is 6.14. The largest absolute Gasteiger partial charge is 0.484 e. The number of benzene rings is 2. The molecule has 31 heavy (non-hydrogen) atoms. The van der Waals surface area contributed by atoms with Crippen LogP contribution in [0.2, 0.25) is 0 Å². The van der Waals surface area contributed by atoms with Crippen molar-refractivity contribution in [3.05, 3.63) is 65.2 Å². The molecule has 0 unspecified atom stereocenters. The van der Waals surface area contributed by atoms with E-state index in [1.165, 1.54) is 12.1 Å². The van der Waals surface area contributed by atoms with E-state index < -0.39 is 0 Å². The maximum Gasteiger partial charge on any atom is 0.260 e. The molecule has 0 aromatic heterocycles. The van der Waals surface area contributed by atoms with Gasteiger partial charge in [0, 0.05) is 38.8 Å². The number of ketones is 1. The molecule has 2 aromatic carbocycles. The number of allylic oxidation sites excluding steroid dienone is 1.